The molecule has 88 valence electrons. The van der Waals surface area contributed by atoms with Crippen molar-refractivity contribution in [1.29, 1.82) is 0 Å². The van der Waals surface area contributed by atoms with Gasteiger partial charge in [-0.2, -0.15) is 11.3 Å². The summed E-state index contributed by atoms with van der Waals surface area (Å²) in [7, 11) is 0. The lowest BCUT2D eigenvalue weighted by Crippen LogP contribution is -2.28. The zero-order chi connectivity index (χ0) is 12.3. The molecule has 1 amide bonds. The summed E-state index contributed by atoms with van der Waals surface area (Å²) in [6.45, 7) is 0.0126. The van der Waals surface area contributed by atoms with Crippen LogP contribution in [0.3, 0.4) is 0 Å². The Bertz CT molecular complexity index is 513. The second-order valence-electron chi connectivity index (χ2n) is 3.44. The van der Waals surface area contributed by atoms with Gasteiger partial charge in [-0.15, -0.1) is 0 Å². The molecule has 0 saturated carbocycles. The third kappa shape index (κ3) is 2.62. The Morgan fingerprint density at radius 2 is 2.12 bits per heavy atom. The molecule has 2 rings (SSSR count). The zero-order valence-corrected chi connectivity index (χ0v) is 9.65. The lowest BCUT2D eigenvalue weighted by Gasteiger charge is -2.17. The van der Waals surface area contributed by atoms with Crippen LogP contribution in [0.1, 0.15) is 5.56 Å². The molecule has 0 bridgehead atoms. The quantitative estimate of drug-likeness (QED) is 0.905. The predicted octanol–water partition coefficient (Wildman–Crippen LogP) is 3.57. The lowest BCUT2D eigenvalue weighted by molar-refractivity contribution is 0.201. The second-order valence-corrected chi connectivity index (χ2v) is 4.22. The van der Waals surface area contributed by atoms with E-state index in [0.717, 1.165) is 4.90 Å². The molecule has 0 atom stereocenters. The summed E-state index contributed by atoms with van der Waals surface area (Å²) < 4.78 is 13.4. The summed E-state index contributed by atoms with van der Waals surface area (Å²) in [6, 6.07) is 7.86. The lowest BCUT2D eigenvalue weighted by atomic mass is 10.2. The highest BCUT2D eigenvalue weighted by molar-refractivity contribution is 7.08. The number of carboxylic acid groups (broad SMARTS) is 1. The maximum atomic E-state index is 13.4. The smallest absolute Gasteiger partial charge is 0.412 e. The molecule has 0 unspecified atom stereocenters. The van der Waals surface area contributed by atoms with Crippen molar-refractivity contribution < 1.29 is 14.3 Å². The molecule has 0 aliphatic carbocycles. The van der Waals surface area contributed by atoms with Gasteiger partial charge in [0.1, 0.15) is 5.82 Å². The molecule has 1 N–H and O–H groups in total. The van der Waals surface area contributed by atoms with E-state index in [1.165, 1.54) is 17.4 Å². The Morgan fingerprint density at radius 1 is 1.35 bits per heavy atom. The highest BCUT2D eigenvalue weighted by Gasteiger charge is 2.16. The van der Waals surface area contributed by atoms with Crippen molar-refractivity contribution in [2.75, 3.05) is 4.90 Å². The van der Waals surface area contributed by atoms with Gasteiger partial charge < -0.3 is 5.11 Å². The fourth-order valence-electron chi connectivity index (χ4n) is 1.48. The van der Waals surface area contributed by atoms with E-state index < -0.39 is 11.9 Å². The van der Waals surface area contributed by atoms with Crippen molar-refractivity contribution in [3.8, 4) is 0 Å². The van der Waals surface area contributed by atoms with Crippen molar-refractivity contribution in [1.82, 2.24) is 0 Å². The molecule has 0 radical (unpaired) electrons. The van der Waals surface area contributed by atoms with Crippen molar-refractivity contribution in [3.05, 3.63) is 52.5 Å². The number of carbonyl (C=O) groups is 1. The largest absolute Gasteiger partial charge is 0.465 e. The number of anilines is 1. The number of halogens is 1. The number of nitrogens with zero attached hydrogens (tertiary/aromatic N) is 1. The van der Waals surface area contributed by atoms with Crippen molar-refractivity contribution in [2.45, 2.75) is 6.54 Å². The number of hydrogen-bond donors (Lipinski definition) is 1. The standard InChI is InChI=1S/C12H10FNO2S/c13-11-4-2-1-3-9(11)7-14(12(15)16)10-5-6-17-8-10/h1-6,8H,7H2,(H,15,16). The van der Waals surface area contributed by atoms with Crippen molar-refractivity contribution in [2.24, 2.45) is 0 Å². The Morgan fingerprint density at radius 3 is 2.71 bits per heavy atom. The maximum absolute atomic E-state index is 13.4. The van der Waals surface area contributed by atoms with E-state index in [1.54, 1.807) is 35.0 Å². The van der Waals surface area contributed by atoms with E-state index in [4.69, 9.17) is 5.11 Å². The van der Waals surface area contributed by atoms with Gasteiger partial charge in [0.2, 0.25) is 0 Å². The van der Waals surface area contributed by atoms with Crippen LogP contribution in [-0.2, 0) is 6.54 Å². The van der Waals surface area contributed by atoms with Crippen LogP contribution in [0.2, 0.25) is 0 Å². The minimum Gasteiger partial charge on any atom is -0.465 e. The van der Waals surface area contributed by atoms with Crippen LogP contribution in [0.25, 0.3) is 0 Å². The van der Waals surface area contributed by atoms with Gasteiger partial charge in [0.05, 0.1) is 12.2 Å². The van der Waals surface area contributed by atoms with Crippen LogP contribution in [0.4, 0.5) is 14.9 Å². The van der Waals surface area contributed by atoms with Gasteiger partial charge in [-0.1, -0.05) is 18.2 Å². The molecule has 2 aromatic rings. The molecule has 1 heterocycles. The van der Waals surface area contributed by atoms with E-state index in [-0.39, 0.29) is 6.54 Å². The van der Waals surface area contributed by atoms with Crippen LogP contribution >= 0.6 is 11.3 Å². The zero-order valence-electron chi connectivity index (χ0n) is 8.84. The Labute approximate surface area is 102 Å². The van der Waals surface area contributed by atoms with E-state index in [9.17, 15) is 9.18 Å². The summed E-state index contributed by atoms with van der Waals surface area (Å²) in [5.74, 6) is -0.394. The summed E-state index contributed by atoms with van der Waals surface area (Å²) >= 11 is 1.40. The number of amides is 1. The van der Waals surface area contributed by atoms with Gasteiger partial charge in [-0.25, -0.2) is 9.18 Å². The molecule has 1 aromatic carbocycles. The molecule has 5 heteroatoms. The Balaban J connectivity index is 2.26. The molecule has 0 fully saturated rings. The Kier molecular flexibility index (Phi) is 3.39. The summed E-state index contributed by atoms with van der Waals surface area (Å²) in [6.07, 6.45) is -1.09. The molecule has 0 aliphatic rings. The normalized spacial score (nSPS) is 10.2. The molecule has 0 aliphatic heterocycles. The minimum absolute atomic E-state index is 0.0126. The monoisotopic (exact) mass is 251 g/mol. The molecule has 1 aromatic heterocycles. The average molecular weight is 251 g/mol. The summed E-state index contributed by atoms with van der Waals surface area (Å²) in [4.78, 5) is 12.2. The van der Waals surface area contributed by atoms with E-state index in [2.05, 4.69) is 0 Å². The van der Waals surface area contributed by atoms with Gasteiger partial charge in [0, 0.05) is 10.9 Å². The first-order valence-corrected chi connectivity index (χ1v) is 5.89. The first-order chi connectivity index (χ1) is 8.18. The minimum atomic E-state index is -1.09. The third-order valence-electron chi connectivity index (χ3n) is 2.34. The fraction of sp³-hybridized carbons (Fsp3) is 0.0833. The van der Waals surface area contributed by atoms with Gasteiger partial charge in [-0.05, 0) is 17.5 Å². The molecule has 3 nitrogen and oxygen atoms in total. The summed E-state index contributed by atoms with van der Waals surface area (Å²) in [5, 5.41) is 12.6. The van der Waals surface area contributed by atoms with E-state index in [1.807, 2.05) is 0 Å². The summed E-state index contributed by atoms with van der Waals surface area (Å²) in [5.41, 5.74) is 0.923. The van der Waals surface area contributed by atoms with Gasteiger partial charge in [0.15, 0.2) is 0 Å². The predicted molar refractivity (Wildman–Crippen MR) is 64.9 cm³/mol. The van der Waals surface area contributed by atoms with Crippen molar-refractivity contribution in [3.63, 3.8) is 0 Å². The van der Waals surface area contributed by atoms with Crippen LogP contribution in [0.15, 0.2) is 41.1 Å². The highest BCUT2D eigenvalue weighted by atomic mass is 32.1. The SMILES string of the molecule is O=C(O)N(Cc1ccccc1F)c1ccsc1. The van der Waals surface area contributed by atoms with Crippen LogP contribution in [0, 0.1) is 5.82 Å². The van der Waals surface area contributed by atoms with E-state index >= 15 is 0 Å². The van der Waals surface area contributed by atoms with Crippen LogP contribution in [0.5, 0.6) is 0 Å². The number of benzene rings is 1. The van der Waals surface area contributed by atoms with Crippen molar-refractivity contribution >= 4 is 23.1 Å². The Hall–Kier alpha value is -1.88. The molecule has 17 heavy (non-hydrogen) atoms. The molecule has 0 spiro atoms. The first-order valence-electron chi connectivity index (χ1n) is 4.94. The average Bonchev–Trinajstić information content (AvgIpc) is 2.81. The highest BCUT2D eigenvalue weighted by Crippen LogP contribution is 2.21. The van der Waals surface area contributed by atoms with E-state index in [0.29, 0.717) is 11.3 Å². The van der Waals surface area contributed by atoms with Gasteiger partial charge in [0.25, 0.3) is 0 Å². The third-order valence-corrected chi connectivity index (χ3v) is 3.01. The van der Waals surface area contributed by atoms with Gasteiger partial charge in [-0.3, -0.25) is 4.90 Å². The number of hydrogen-bond acceptors (Lipinski definition) is 2. The topological polar surface area (TPSA) is 40.5 Å². The number of thiophene rings is 1. The molecular formula is C12H10FNO2S. The fourth-order valence-corrected chi connectivity index (χ4v) is 2.12. The van der Waals surface area contributed by atoms with Crippen LogP contribution in [-0.4, -0.2) is 11.2 Å². The maximum Gasteiger partial charge on any atom is 0.412 e. The number of rotatable bonds is 3. The van der Waals surface area contributed by atoms with Crippen LogP contribution < -0.4 is 4.90 Å². The molecule has 0 saturated heterocycles. The molecular weight excluding hydrogens is 241 g/mol. The van der Waals surface area contributed by atoms with Gasteiger partial charge >= 0.3 is 6.09 Å². The first kappa shape index (κ1) is 11.6. The second kappa shape index (κ2) is 4.97.